The number of carbonyl (C=O) groups excluding carboxylic acids is 1. The molecule has 1 saturated heterocycles. The lowest BCUT2D eigenvalue weighted by Gasteiger charge is -2.25. The Labute approximate surface area is 130 Å². The number of nitro benzene ring substituents is 1. The summed E-state index contributed by atoms with van der Waals surface area (Å²) < 4.78 is 0. The number of ketones is 1. The maximum atomic E-state index is 12.3. The van der Waals surface area contributed by atoms with Crippen LogP contribution in [-0.4, -0.2) is 49.3 Å². The van der Waals surface area contributed by atoms with E-state index >= 15 is 0 Å². The van der Waals surface area contributed by atoms with Gasteiger partial charge in [-0.2, -0.15) is 0 Å². The fourth-order valence-electron chi connectivity index (χ4n) is 2.81. The van der Waals surface area contributed by atoms with Gasteiger partial charge in [0.2, 0.25) is 0 Å². The number of likely N-dealkylation sites (tertiary alicyclic amines) is 1. The second kappa shape index (κ2) is 7.35. The molecule has 6 nitrogen and oxygen atoms in total. The van der Waals surface area contributed by atoms with E-state index in [2.05, 4.69) is 4.90 Å². The molecular formula is C16H23N3O3. The molecule has 1 aliphatic rings. The van der Waals surface area contributed by atoms with Crippen LogP contribution >= 0.6 is 0 Å². The minimum atomic E-state index is -0.434. The molecule has 0 unspecified atom stereocenters. The molecule has 0 N–H and O–H groups in total. The molecule has 2 rings (SSSR count). The Kier molecular flexibility index (Phi) is 5.49. The zero-order valence-corrected chi connectivity index (χ0v) is 13.2. The summed E-state index contributed by atoms with van der Waals surface area (Å²) in [5.41, 5.74) is 0.917. The monoisotopic (exact) mass is 305 g/mol. The number of Topliss-reactive ketones (excluding diaryl/α,β-unsaturated/α-hetero) is 1. The third kappa shape index (κ3) is 4.04. The summed E-state index contributed by atoms with van der Waals surface area (Å²) in [6.45, 7) is 2.84. The highest BCUT2D eigenvalue weighted by Crippen LogP contribution is 2.28. The van der Waals surface area contributed by atoms with Crippen LogP contribution in [0.5, 0.6) is 0 Å². The molecule has 0 aliphatic carbocycles. The smallest absolute Gasteiger partial charge is 0.293 e. The zero-order valence-electron chi connectivity index (χ0n) is 13.2. The van der Waals surface area contributed by atoms with Crippen molar-refractivity contribution in [1.29, 1.82) is 0 Å². The van der Waals surface area contributed by atoms with Crippen LogP contribution in [0.2, 0.25) is 0 Å². The van der Waals surface area contributed by atoms with Crippen molar-refractivity contribution in [3.05, 3.63) is 33.9 Å². The van der Waals surface area contributed by atoms with E-state index in [1.54, 1.807) is 31.1 Å². The molecule has 1 fully saturated rings. The Morgan fingerprint density at radius 3 is 2.55 bits per heavy atom. The number of hydrogen-bond acceptors (Lipinski definition) is 5. The Hall–Kier alpha value is -1.95. The molecule has 6 heteroatoms. The minimum Gasteiger partial charge on any atom is -0.372 e. The van der Waals surface area contributed by atoms with Gasteiger partial charge >= 0.3 is 0 Å². The van der Waals surface area contributed by atoms with Crippen LogP contribution < -0.4 is 4.90 Å². The fraction of sp³-hybridized carbons (Fsp3) is 0.562. The molecule has 0 amide bonds. The molecule has 1 aromatic carbocycles. The summed E-state index contributed by atoms with van der Waals surface area (Å²) in [6.07, 6.45) is 4.06. The van der Waals surface area contributed by atoms with Crippen LogP contribution in [0.15, 0.2) is 18.2 Å². The predicted molar refractivity (Wildman–Crippen MR) is 86.7 cm³/mol. The van der Waals surface area contributed by atoms with Crippen molar-refractivity contribution in [1.82, 2.24) is 4.90 Å². The maximum Gasteiger partial charge on any atom is 0.293 e. The summed E-state index contributed by atoms with van der Waals surface area (Å²) in [5.74, 6) is -0.0287. The molecule has 22 heavy (non-hydrogen) atoms. The van der Waals surface area contributed by atoms with Gasteiger partial charge in [0.05, 0.1) is 4.92 Å². The van der Waals surface area contributed by atoms with Crippen molar-refractivity contribution < 1.29 is 9.72 Å². The molecule has 0 radical (unpaired) electrons. The summed E-state index contributed by atoms with van der Waals surface area (Å²) >= 11 is 0. The van der Waals surface area contributed by atoms with Crippen molar-refractivity contribution in [3.8, 4) is 0 Å². The fourth-order valence-corrected chi connectivity index (χ4v) is 2.81. The van der Waals surface area contributed by atoms with Gasteiger partial charge in [-0.3, -0.25) is 14.9 Å². The number of rotatable bonds is 6. The third-order valence-electron chi connectivity index (χ3n) is 4.08. The van der Waals surface area contributed by atoms with Gasteiger partial charge in [0, 0.05) is 38.7 Å². The summed E-state index contributed by atoms with van der Waals surface area (Å²) in [6, 6.07) is 4.72. The number of piperidine rings is 1. The number of nitrogens with zero attached hydrogens (tertiary/aromatic N) is 3. The summed E-state index contributed by atoms with van der Waals surface area (Å²) in [4.78, 5) is 27.0. The van der Waals surface area contributed by atoms with Crippen molar-refractivity contribution >= 4 is 17.2 Å². The average Bonchev–Trinajstić information content (AvgIpc) is 2.52. The average molecular weight is 305 g/mol. The zero-order chi connectivity index (χ0) is 16.1. The van der Waals surface area contributed by atoms with E-state index in [-0.39, 0.29) is 11.5 Å². The second-order valence-electron chi connectivity index (χ2n) is 5.93. The Bertz CT molecular complexity index is 552. The SMILES string of the molecule is CN(C)c1ccc(C(=O)CCN2CCCCC2)cc1[N+](=O)[O-]. The minimum absolute atomic E-state index is 0.0196. The van der Waals surface area contributed by atoms with Gasteiger partial charge in [-0.15, -0.1) is 0 Å². The molecule has 0 atom stereocenters. The lowest BCUT2D eigenvalue weighted by Crippen LogP contribution is -2.31. The number of anilines is 1. The predicted octanol–water partition coefficient (Wildman–Crippen LogP) is 2.72. The van der Waals surface area contributed by atoms with Gasteiger partial charge in [0.1, 0.15) is 5.69 Å². The Morgan fingerprint density at radius 1 is 1.27 bits per heavy atom. The number of carbonyl (C=O) groups is 1. The van der Waals surface area contributed by atoms with Gasteiger partial charge in [0.15, 0.2) is 5.78 Å². The van der Waals surface area contributed by atoms with Gasteiger partial charge in [-0.25, -0.2) is 0 Å². The lowest BCUT2D eigenvalue weighted by atomic mass is 10.0. The van der Waals surface area contributed by atoms with Gasteiger partial charge < -0.3 is 9.80 Å². The second-order valence-corrected chi connectivity index (χ2v) is 5.93. The van der Waals surface area contributed by atoms with Gasteiger partial charge in [0.25, 0.3) is 5.69 Å². The van der Waals surface area contributed by atoms with Gasteiger partial charge in [-0.05, 0) is 38.1 Å². The highest BCUT2D eigenvalue weighted by molar-refractivity contribution is 5.97. The molecule has 1 aromatic rings. The first-order chi connectivity index (χ1) is 10.5. The number of nitro groups is 1. The molecule has 0 aromatic heterocycles. The number of hydrogen-bond donors (Lipinski definition) is 0. The van der Waals surface area contributed by atoms with Crippen molar-refractivity contribution in [2.24, 2.45) is 0 Å². The lowest BCUT2D eigenvalue weighted by molar-refractivity contribution is -0.384. The van der Waals surface area contributed by atoms with E-state index in [1.807, 2.05) is 0 Å². The van der Waals surface area contributed by atoms with E-state index < -0.39 is 4.92 Å². The van der Waals surface area contributed by atoms with Gasteiger partial charge in [-0.1, -0.05) is 6.42 Å². The van der Waals surface area contributed by atoms with E-state index in [1.165, 1.54) is 25.3 Å². The highest BCUT2D eigenvalue weighted by atomic mass is 16.6. The van der Waals surface area contributed by atoms with Crippen molar-refractivity contribution in [3.63, 3.8) is 0 Å². The van der Waals surface area contributed by atoms with Crippen LogP contribution in [0.4, 0.5) is 11.4 Å². The quantitative estimate of drug-likeness (QED) is 0.459. The van der Waals surface area contributed by atoms with Crippen molar-refractivity contribution in [2.45, 2.75) is 25.7 Å². The van der Waals surface area contributed by atoms with Crippen LogP contribution in [0, 0.1) is 10.1 Å². The highest BCUT2D eigenvalue weighted by Gasteiger charge is 2.19. The number of benzene rings is 1. The van der Waals surface area contributed by atoms with Crippen LogP contribution in [0.3, 0.4) is 0 Å². The molecule has 0 spiro atoms. The van der Waals surface area contributed by atoms with E-state index in [4.69, 9.17) is 0 Å². The maximum absolute atomic E-state index is 12.3. The third-order valence-corrected chi connectivity index (χ3v) is 4.08. The molecule has 0 bridgehead atoms. The van der Waals surface area contributed by atoms with Crippen LogP contribution in [0.1, 0.15) is 36.0 Å². The Balaban J connectivity index is 2.05. The van der Waals surface area contributed by atoms with E-state index in [0.29, 0.717) is 17.7 Å². The molecule has 120 valence electrons. The molecule has 0 saturated carbocycles. The summed E-state index contributed by atoms with van der Waals surface area (Å²) in [5, 5.41) is 11.2. The summed E-state index contributed by atoms with van der Waals surface area (Å²) in [7, 11) is 3.50. The van der Waals surface area contributed by atoms with Crippen molar-refractivity contribution in [2.75, 3.05) is 38.6 Å². The first-order valence-electron chi connectivity index (χ1n) is 7.70. The van der Waals surface area contributed by atoms with Crippen LogP contribution in [0.25, 0.3) is 0 Å². The Morgan fingerprint density at radius 2 is 1.95 bits per heavy atom. The largest absolute Gasteiger partial charge is 0.372 e. The normalized spacial score (nSPS) is 15.5. The van der Waals surface area contributed by atoms with E-state index in [9.17, 15) is 14.9 Å². The standard InChI is InChI=1S/C16H23N3O3/c1-17(2)14-7-6-13(12-15(14)19(21)22)16(20)8-11-18-9-4-3-5-10-18/h6-7,12H,3-5,8-11H2,1-2H3. The molecule has 1 aliphatic heterocycles. The van der Waals surface area contributed by atoms with Crippen LogP contribution in [-0.2, 0) is 0 Å². The topological polar surface area (TPSA) is 66.7 Å². The molecule has 1 heterocycles. The molecular weight excluding hydrogens is 282 g/mol. The first-order valence-corrected chi connectivity index (χ1v) is 7.70. The first kappa shape index (κ1) is 16.4. The van der Waals surface area contributed by atoms with E-state index in [0.717, 1.165) is 19.6 Å².